The van der Waals surface area contributed by atoms with E-state index in [4.69, 9.17) is 0 Å². The Hall–Kier alpha value is -2.93. The molecule has 0 spiro atoms. The number of benzene rings is 2. The van der Waals surface area contributed by atoms with Crippen LogP contribution in [0.5, 0.6) is 0 Å². The van der Waals surface area contributed by atoms with Crippen molar-refractivity contribution in [3.8, 4) is 6.07 Å². The van der Waals surface area contributed by atoms with Crippen LogP contribution in [0.15, 0.2) is 48.5 Å². The molecule has 1 aromatic heterocycles. The summed E-state index contributed by atoms with van der Waals surface area (Å²) in [7, 11) is 0. The van der Waals surface area contributed by atoms with Crippen molar-refractivity contribution in [2.75, 3.05) is 5.32 Å². The molecule has 1 heterocycles. The van der Waals surface area contributed by atoms with E-state index in [0.717, 1.165) is 16.5 Å². The summed E-state index contributed by atoms with van der Waals surface area (Å²) in [5.74, 6) is 0.217. The van der Waals surface area contributed by atoms with E-state index in [-0.39, 0.29) is 5.82 Å². The lowest BCUT2D eigenvalue weighted by Crippen LogP contribution is -1.96. The number of para-hydroxylation sites is 1. The highest BCUT2D eigenvalue weighted by molar-refractivity contribution is 5.86. The Balaban J connectivity index is 2.07. The van der Waals surface area contributed by atoms with E-state index in [0.29, 0.717) is 17.1 Å². The van der Waals surface area contributed by atoms with Crippen molar-refractivity contribution < 1.29 is 4.39 Å². The lowest BCUT2D eigenvalue weighted by Gasteiger charge is -2.09. The number of nitrogens with one attached hydrogen (secondary N) is 1. The van der Waals surface area contributed by atoms with Gasteiger partial charge in [0, 0.05) is 11.1 Å². The summed E-state index contributed by atoms with van der Waals surface area (Å²) in [6.07, 6.45) is 0. The third kappa shape index (κ3) is 2.67. The van der Waals surface area contributed by atoms with E-state index in [1.54, 1.807) is 6.07 Å². The Morgan fingerprint density at radius 3 is 2.71 bits per heavy atom. The van der Waals surface area contributed by atoms with Crippen molar-refractivity contribution in [2.45, 2.75) is 6.92 Å². The van der Waals surface area contributed by atoms with Gasteiger partial charge in [-0.25, -0.2) is 9.37 Å². The first kappa shape index (κ1) is 13.1. The molecular weight excluding hydrogens is 265 g/mol. The highest BCUT2D eigenvalue weighted by atomic mass is 19.1. The summed E-state index contributed by atoms with van der Waals surface area (Å²) in [6.45, 7) is 1.82. The fraction of sp³-hybridized carbons (Fsp3) is 0.0588. The maximum atomic E-state index is 13.4. The van der Waals surface area contributed by atoms with E-state index in [9.17, 15) is 9.65 Å². The Kier molecular flexibility index (Phi) is 3.25. The zero-order valence-electron chi connectivity index (χ0n) is 11.4. The average molecular weight is 277 g/mol. The molecule has 3 rings (SSSR count). The molecule has 1 N–H and O–H groups in total. The van der Waals surface area contributed by atoms with Crippen LogP contribution < -0.4 is 5.32 Å². The first-order valence-electron chi connectivity index (χ1n) is 6.50. The molecule has 0 saturated heterocycles. The molecule has 3 aromatic rings. The lowest BCUT2D eigenvalue weighted by atomic mass is 10.1. The molecule has 0 bridgehead atoms. The van der Waals surface area contributed by atoms with Gasteiger partial charge in [0.05, 0.1) is 17.1 Å². The minimum Gasteiger partial charge on any atom is -0.340 e. The van der Waals surface area contributed by atoms with Gasteiger partial charge < -0.3 is 5.32 Å². The van der Waals surface area contributed by atoms with Crippen LogP contribution in [-0.4, -0.2) is 4.98 Å². The second kappa shape index (κ2) is 5.22. The van der Waals surface area contributed by atoms with Crippen LogP contribution in [0.4, 0.5) is 15.9 Å². The van der Waals surface area contributed by atoms with Crippen molar-refractivity contribution in [2.24, 2.45) is 0 Å². The fourth-order valence-electron chi connectivity index (χ4n) is 2.29. The maximum Gasteiger partial charge on any atom is 0.132 e. The predicted octanol–water partition coefficient (Wildman–Crippen LogP) is 4.30. The molecule has 0 aliphatic heterocycles. The molecule has 2 aromatic carbocycles. The normalized spacial score (nSPS) is 10.3. The number of aromatic nitrogens is 1. The second-order valence-electron chi connectivity index (χ2n) is 4.83. The zero-order valence-corrected chi connectivity index (χ0v) is 11.4. The molecule has 0 unspecified atom stereocenters. The number of nitriles is 1. The Labute approximate surface area is 121 Å². The first-order valence-corrected chi connectivity index (χ1v) is 6.50. The predicted molar refractivity (Wildman–Crippen MR) is 80.9 cm³/mol. The van der Waals surface area contributed by atoms with Gasteiger partial charge >= 0.3 is 0 Å². The topological polar surface area (TPSA) is 48.7 Å². The number of rotatable bonds is 2. The van der Waals surface area contributed by atoms with Crippen LogP contribution in [-0.2, 0) is 0 Å². The molecule has 0 fully saturated rings. The van der Waals surface area contributed by atoms with E-state index in [2.05, 4.69) is 16.4 Å². The highest BCUT2D eigenvalue weighted by Crippen LogP contribution is 2.23. The van der Waals surface area contributed by atoms with Crippen molar-refractivity contribution in [3.63, 3.8) is 0 Å². The summed E-state index contributed by atoms with van der Waals surface area (Å²) >= 11 is 0. The van der Waals surface area contributed by atoms with Crippen LogP contribution in [0, 0.1) is 24.1 Å². The number of pyridine rings is 1. The van der Waals surface area contributed by atoms with Crippen LogP contribution in [0.25, 0.3) is 10.9 Å². The monoisotopic (exact) mass is 277 g/mol. The molecule has 4 heteroatoms. The molecular formula is C17H12FN3. The quantitative estimate of drug-likeness (QED) is 0.759. The second-order valence-corrected chi connectivity index (χ2v) is 4.83. The smallest absolute Gasteiger partial charge is 0.132 e. The van der Waals surface area contributed by atoms with Gasteiger partial charge in [0.1, 0.15) is 11.6 Å². The molecule has 0 atom stereocenters. The summed E-state index contributed by atoms with van der Waals surface area (Å²) in [6, 6.07) is 16.0. The highest BCUT2D eigenvalue weighted by Gasteiger charge is 2.06. The van der Waals surface area contributed by atoms with Crippen LogP contribution in [0.3, 0.4) is 0 Å². The number of aryl methyl sites for hydroxylation is 1. The standard InChI is InChI=1S/C17H12FN3/c1-11-6-13(18)9-14(7-11)20-17-8-12(10-19)15-4-2-3-5-16(15)21-17/h2-9H,1H3,(H,20,21). The zero-order chi connectivity index (χ0) is 14.8. The lowest BCUT2D eigenvalue weighted by molar-refractivity contribution is 0.627. The number of hydrogen-bond acceptors (Lipinski definition) is 3. The fourth-order valence-corrected chi connectivity index (χ4v) is 2.29. The molecule has 0 saturated carbocycles. The number of nitrogens with zero attached hydrogens (tertiary/aromatic N) is 2. The van der Waals surface area contributed by atoms with Gasteiger partial charge in [-0.05, 0) is 42.8 Å². The molecule has 0 amide bonds. The number of fused-ring (bicyclic) bond motifs is 1. The Morgan fingerprint density at radius 2 is 1.95 bits per heavy atom. The van der Waals surface area contributed by atoms with E-state index < -0.39 is 0 Å². The van der Waals surface area contributed by atoms with Gasteiger partial charge in [0.25, 0.3) is 0 Å². The molecule has 0 aliphatic carbocycles. The van der Waals surface area contributed by atoms with Crippen molar-refractivity contribution in [1.29, 1.82) is 5.26 Å². The number of hydrogen-bond donors (Lipinski definition) is 1. The van der Waals surface area contributed by atoms with Crippen LogP contribution >= 0.6 is 0 Å². The van der Waals surface area contributed by atoms with Gasteiger partial charge in [-0.15, -0.1) is 0 Å². The molecule has 102 valence electrons. The summed E-state index contributed by atoms with van der Waals surface area (Å²) in [5.41, 5.74) is 2.70. The summed E-state index contributed by atoms with van der Waals surface area (Å²) in [5, 5.41) is 13.1. The SMILES string of the molecule is Cc1cc(F)cc(Nc2cc(C#N)c3ccccc3n2)c1. The molecule has 3 nitrogen and oxygen atoms in total. The van der Waals surface area contributed by atoms with Crippen molar-refractivity contribution in [3.05, 3.63) is 65.5 Å². The maximum absolute atomic E-state index is 13.4. The molecule has 0 aliphatic rings. The van der Waals surface area contributed by atoms with Crippen LogP contribution in [0.1, 0.15) is 11.1 Å². The van der Waals surface area contributed by atoms with Gasteiger partial charge in [0.15, 0.2) is 0 Å². The van der Waals surface area contributed by atoms with E-state index in [1.807, 2.05) is 37.3 Å². The Bertz CT molecular complexity index is 845. The number of anilines is 2. The molecule has 21 heavy (non-hydrogen) atoms. The van der Waals surface area contributed by atoms with Crippen molar-refractivity contribution in [1.82, 2.24) is 4.98 Å². The Morgan fingerprint density at radius 1 is 1.14 bits per heavy atom. The third-order valence-corrected chi connectivity index (χ3v) is 3.15. The van der Waals surface area contributed by atoms with E-state index >= 15 is 0 Å². The minimum absolute atomic E-state index is 0.307. The van der Waals surface area contributed by atoms with Gasteiger partial charge in [-0.3, -0.25) is 0 Å². The van der Waals surface area contributed by atoms with Crippen molar-refractivity contribution >= 4 is 22.4 Å². The average Bonchev–Trinajstić information content (AvgIpc) is 2.45. The van der Waals surface area contributed by atoms with E-state index in [1.165, 1.54) is 12.1 Å². The summed E-state index contributed by atoms with van der Waals surface area (Å²) < 4.78 is 13.4. The minimum atomic E-state index is -0.307. The van der Waals surface area contributed by atoms with Gasteiger partial charge in [-0.1, -0.05) is 18.2 Å². The largest absolute Gasteiger partial charge is 0.340 e. The van der Waals surface area contributed by atoms with Gasteiger partial charge in [-0.2, -0.15) is 5.26 Å². The number of halogens is 1. The van der Waals surface area contributed by atoms with Gasteiger partial charge in [0.2, 0.25) is 0 Å². The first-order chi connectivity index (χ1) is 10.2. The van der Waals surface area contributed by atoms with Crippen LogP contribution in [0.2, 0.25) is 0 Å². The third-order valence-electron chi connectivity index (χ3n) is 3.15. The molecule has 0 radical (unpaired) electrons. The summed E-state index contributed by atoms with van der Waals surface area (Å²) in [4.78, 5) is 4.45.